The van der Waals surface area contributed by atoms with Crippen molar-refractivity contribution in [2.24, 2.45) is 5.41 Å². The Morgan fingerprint density at radius 3 is 2.39 bits per heavy atom. The summed E-state index contributed by atoms with van der Waals surface area (Å²) in [5.74, 6) is 2.04. The lowest BCUT2D eigenvalue weighted by Gasteiger charge is -2.23. The van der Waals surface area contributed by atoms with Gasteiger partial charge in [-0.2, -0.15) is 13.2 Å². The largest absolute Gasteiger partial charge is 0.493 e. The van der Waals surface area contributed by atoms with Gasteiger partial charge in [-0.15, -0.1) is 0 Å². The lowest BCUT2D eigenvalue weighted by atomic mass is 10.0. The molecule has 2 unspecified atom stereocenters. The number of benzene rings is 2. The summed E-state index contributed by atoms with van der Waals surface area (Å²) in [4.78, 5) is 9.04. The maximum Gasteiger partial charge on any atom is 0.416 e. The number of hydrogen-bond acceptors (Lipinski definition) is 7. The molecule has 194 valence electrons. The second-order valence-corrected chi connectivity index (χ2v) is 9.42. The number of fused-ring (bicyclic) bond motifs is 1. The fourth-order valence-corrected chi connectivity index (χ4v) is 4.31. The van der Waals surface area contributed by atoms with Gasteiger partial charge in [0.05, 0.1) is 36.9 Å². The van der Waals surface area contributed by atoms with E-state index in [1.165, 1.54) is 6.07 Å². The van der Waals surface area contributed by atoms with Crippen LogP contribution in [0.5, 0.6) is 11.5 Å². The second kappa shape index (κ2) is 9.65. The first-order valence-corrected chi connectivity index (χ1v) is 11.7. The van der Waals surface area contributed by atoms with Crippen molar-refractivity contribution in [3.63, 3.8) is 0 Å². The van der Waals surface area contributed by atoms with Gasteiger partial charge < -0.3 is 25.3 Å². The molecule has 36 heavy (non-hydrogen) atoms. The summed E-state index contributed by atoms with van der Waals surface area (Å²) >= 11 is 0. The highest BCUT2D eigenvalue weighted by Gasteiger charge is 2.48. The van der Waals surface area contributed by atoms with E-state index in [1.807, 2.05) is 6.92 Å². The van der Waals surface area contributed by atoms with E-state index in [2.05, 4.69) is 15.3 Å². The van der Waals surface area contributed by atoms with Gasteiger partial charge in [-0.25, -0.2) is 9.97 Å². The molecular formula is C26H31F3N4O3. The molecule has 0 bridgehead atoms. The van der Waals surface area contributed by atoms with Gasteiger partial charge in [0.2, 0.25) is 0 Å². The SMILES string of the molecule is COc1cc2nc(C)nc(NC(C)c3cc(N)cc(C(F)(F)F)c3)c2cc1OCC1(C(C)OC)CC1. The zero-order valence-electron chi connectivity index (χ0n) is 21.0. The Labute approximate surface area is 208 Å². The molecular weight excluding hydrogens is 473 g/mol. The van der Waals surface area contributed by atoms with Crippen molar-refractivity contribution in [2.75, 3.05) is 31.9 Å². The van der Waals surface area contributed by atoms with Crippen molar-refractivity contribution >= 4 is 22.4 Å². The van der Waals surface area contributed by atoms with Gasteiger partial charge in [-0.05, 0) is 63.4 Å². The number of anilines is 2. The number of aromatic nitrogens is 2. The Morgan fingerprint density at radius 1 is 1.06 bits per heavy atom. The van der Waals surface area contributed by atoms with Crippen LogP contribution in [0.4, 0.5) is 24.7 Å². The number of aryl methyl sites for hydroxylation is 1. The van der Waals surface area contributed by atoms with E-state index in [4.69, 9.17) is 19.9 Å². The van der Waals surface area contributed by atoms with Crippen LogP contribution in [-0.4, -0.2) is 36.9 Å². The smallest absolute Gasteiger partial charge is 0.416 e. The molecule has 1 fully saturated rings. The van der Waals surface area contributed by atoms with Crippen LogP contribution in [0.2, 0.25) is 0 Å². The van der Waals surface area contributed by atoms with Crippen molar-refractivity contribution in [3.05, 3.63) is 47.3 Å². The summed E-state index contributed by atoms with van der Waals surface area (Å²) in [5.41, 5.74) is 5.99. The minimum absolute atomic E-state index is 0.0302. The van der Waals surface area contributed by atoms with E-state index in [-0.39, 0.29) is 17.2 Å². The summed E-state index contributed by atoms with van der Waals surface area (Å²) in [6.07, 6.45) is -2.40. The summed E-state index contributed by atoms with van der Waals surface area (Å²) in [5, 5.41) is 3.89. The second-order valence-electron chi connectivity index (χ2n) is 9.42. The van der Waals surface area contributed by atoms with Gasteiger partial charge in [0.15, 0.2) is 11.5 Å². The van der Waals surface area contributed by atoms with Crippen molar-refractivity contribution < 1.29 is 27.4 Å². The molecule has 1 heterocycles. The topological polar surface area (TPSA) is 91.5 Å². The van der Waals surface area contributed by atoms with Crippen molar-refractivity contribution in [1.82, 2.24) is 9.97 Å². The van der Waals surface area contributed by atoms with E-state index < -0.39 is 17.8 Å². The third-order valence-electron chi connectivity index (χ3n) is 6.87. The Hall–Kier alpha value is -3.27. The molecule has 0 saturated heterocycles. The standard InChI is InChI=1S/C26H31F3N4O3/c1-14(17-8-18(26(27,28)29)10-19(30)9-17)31-24-20-11-23(36-13-25(6-7-25)15(2)34-4)22(35-5)12-21(20)32-16(3)33-24/h8-12,14-15H,6-7,13,30H2,1-5H3,(H,31,32,33). The first-order chi connectivity index (χ1) is 17.0. The van der Waals surface area contributed by atoms with E-state index in [1.54, 1.807) is 40.2 Å². The predicted molar refractivity (Wildman–Crippen MR) is 132 cm³/mol. The Balaban J connectivity index is 1.67. The van der Waals surface area contributed by atoms with Crippen LogP contribution in [-0.2, 0) is 10.9 Å². The number of ether oxygens (including phenoxy) is 3. The Bertz CT molecular complexity index is 1260. The Morgan fingerprint density at radius 2 is 1.78 bits per heavy atom. The van der Waals surface area contributed by atoms with E-state index in [0.29, 0.717) is 46.2 Å². The number of alkyl halides is 3. The molecule has 1 aliphatic carbocycles. The molecule has 1 saturated carbocycles. The normalized spacial score (nSPS) is 16.4. The number of nitrogens with zero attached hydrogens (tertiary/aromatic N) is 2. The molecule has 3 aromatic rings. The highest BCUT2D eigenvalue weighted by atomic mass is 19.4. The van der Waals surface area contributed by atoms with Crippen molar-refractivity contribution in [2.45, 2.75) is 51.9 Å². The molecule has 2 aromatic carbocycles. The fraction of sp³-hybridized carbons (Fsp3) is 0.462. The summed E-state index contributed by atoms with van der Waals surface area (Å²) < 4.78 is 57.2. The molecule has 3 N–H and O–H groups in total. The summed E-state index contributed by atoms with van der Waals surface area (Å²) in [7, 11) is 3.25. The van der Waals surface area contributed by atoms with Crippen LogP contribution in [0.25, 0.3) is 10.9 Å². The van der Waals surface area contributed by atoms with Gasteiger partial charge in [0.25, 0.3) is 0 Å². The fourth-order valence-electron chi connectivity index (χ4n) is 4.31. The van der Waals surface area contributed by atoms with Crippen molar-refractivity contribution in [1.29, 1.82) is 0 Å². The number of methoxy groups -OCH3 is 2. The maximum absolute atomic E-state index is 13.3. The highest BCUT2D eigenvalue weighted by Crippen LogP contribution is 2.50. The monoisotopic (exact) mass is 504 g/mol. The number of nitrogens with one attached hydrogen (secondary N) is 1. The number of hydrogen-bond donors (Lipinski definition) is 2. The molecule has 10 heteroatoms. The Kier molecular flexibility index (Phi) is 6.92. The number of halogens is 3. The molecule has 0 spiro atoms. The third kappa shape index (κ3) is 5.28. The predicted octanol–water partition coefficient (Wildman–Crippen LogP) is 5.91. The molecule has 1 aliphatic rings. The molecule has 0 amide bonds. The highest BCUT2D eigenvalue weighted by molar-refractivity contribution is 5.92. The van der Waals surface area contributed by atoms with Gasteiger partial charge in [-0.3, -0.25) is 0 Å². The van der Waals surface area contributed by atoms with Crippen molar-refractivity contribution in [3.8, 4) is 11.5 Å². The minimum Gasteiger partial charge on any atom is -0.493 e. The van der Waals surface area contributed by atoms with Crippen LogP contribution in [0, 0.1) is 12.3 Å². The molecule has 7 nitrogen and oxygen atoms in total. The molecule has 4 rings (SSSR count). The third-order valence-corrected chi connectivity index (χ3v) is 6.87. The molecule has 0 radical (unpaired) electrons. The van der Waals surface area contributed by atoms with Gasteiger partial charge in [-0.1, -0.05) is 0 Å². The average Bonchev–Trinajstić information content (AvgIpc) is 3.62. The lowest BCUT2D eigenvalue weighted by molar-refractivity contribution is -0.137. The van der Waals surface area contributed by atoms with E-state index >= 15 is 0 Å². The number of nitrogen functional groups attached to an aromatic ring is 1. The van der Waals surface area contributed by atoms with Crippen LogP contribution >= 0.6 is 0 Å². The zero-order valence-corrected chi connectivity index (χ0v) is 21.0. The van der Waals surface area contributed by atoms with Crippen LogP contribution in [0.1, 0.15) is 49.7 Å². The molecule has 1 aromatic heterocycles. The first-order valence-electron chi connectivity index (χ1n) is 11.7. The number of nitrogens with two attached hydrogens (primary N) is 1. The van der Waals surface area contributed by atoms with Crippen LogP contribution in [0.15, 0.2) is 30.3 Å². The summed E-state index contributed by atoms with van der Waals surface area (Å²) in [6, 6.07) is 6.59. The summed E-state index contributed by atoms with van der Waals surface area (Å²) in [6.45, 7) is 6.01. The maximum atomic E-state index is 13.3. The number of rotatable bonds is 9. The van der Waals surface area contributed by atoms with Crippen LogP contribution < -0.4 is 20.5 Å². The van der Waals surface area contributed by atoms with Gasteiger partial charge in [0, 0.05) is 29.7 Å². The molecule has 0 aliphatic heterocycles. The van der Waals surface area contributed by atoms with E-state index in [9.17, 15) is 13.2 Å². The van der Waals surface area contributed by atoms with Gasteiger partial charge in [0.1, 0.15) is 11.6 Å². The average molecular weight is 505 g/mol. The van der Waals surface area contributed by atoms with Gasteiger partial charge >= 0.3 is 6.18 Å². The molecule has 2 atom stereocenters. The lowest BCUT2D eigenvalue weighted by Crippen LogP contribution is -2.27. The quantitative estimate of drug-likeness (QED) is 0.350. The first kappa shape index (κ1) is 25.8. The minimum atomic E-state index is -4.50. The van der Waals surface area contributed by atoms with Crippen LogP contribution in [0.3, 0.4) is 0 Å². The van der Waals surface area contributed by atoms with E-state index in [0.717, 1.165) is 25.0 Å². The zero-order chi connectivity index (χ0) is 26.3.